The van der Waals surface area contributed by atoms with Crippen LogP contribution in [0.2, 0.25) is 5.02 Å². The van der Waals surface area contributed by atoms with Gasteiger partial charge in [0.15, 0.2) is 5.11 Å². The van der Waals surface area contributed by atoms with E-state index in [-0.39, 0.29) is 12.1 Å². The van der Waals surface area contributed by atoms with Gasteiger partial charge >= 0.3 is 0 Å². The molecular formula is C25H21ClN4OS. The van der Waals surface area contributed by atoms with Crippen molar-refractivity contribution in [1.29, 1.82) is 0 Å². The summed E-state index contributed by atoms with van der Waals surface area (Å²) in [5.74, 6) is 1.56. The van der Waals surface area contributed by atoms with Crippen LogP contribution in [0.15, 0.2) is 83.5 Å². The van der Waals surface area contributed by atoms with E-state index in [1.807, 2.05) is 73.7 Å². The molecule has 0 amide bonds. The van der Waals surface area contributed by atoms with Crippen LogP contribution in [0.1, 0.15) is 34.8 Å². The third-order valence-electron chi connectivity index (χ3n) is 5.63. The second-order valence-corrected chi connectivity index (χ2v) is 8.54. The quantitative estimate of drug-likeness (QED) is 0.376. The van der Waals surface area contributed by atoms with Crippen molar-refractivity contribution >= 4 is 28.9 Å². The highest BCUT2D eigenvalue weighted by Gasteiger charge is 2.41. The van der Waals surface area contributed by atoms with E-state index in [0.29, 0.717) is 16.7 Å². The Morgan fingerprint density at radius 1 is 1.03 bits per heavy atom. The predicted molar refractivity (Wildman–Crippen MR) is 129 cm³/mol. The maximum atomic E-state index is 6.37. The Balaban J connectivity index is 1.54. The zero-order chi connectivity index (χ0) is 22.1. The summed E-state index contributed by atoms with van der Waals surface area (Å²) >= 11 is 12.1. The largest absolute Gasteiger partial charge is 0.459 e. The van der Waals surface area contributed by atoms with Gasteiger partial charge in [0, 0.05) is 23.0 Å². The summed E-state index contributed by atoms with van der Waals surface area (Å²) in [5, 5.41) is 4.80. The van der Waals surface area contributed by atoms with Crippen molar-refractivity contribution in [1.82, 2.24) is 20.2 Å². The SMILES string of the molecule is Cc1ccc(-c2ccc([C@@H]3[C@@H](c4ccccn4)NC(=S)N3Cc3ccccn3)o2)cc1Cl. The number of aryl methyl sites for hydroxylation is 1. The molecule has 32 heavy (non-hydrogen) atoms. The van der Waals surface area contributed by atoms with E-state index in [1.165, 1.54) is 0 Å². The Hall–Kier alpha value is -3.22. The molecule has 1 aromatic carbocycles. The minimum Gasteiger partial charge on any atom is -0.459 e. The second kappa shape index (κ2) is 8.73. The van der Waals surface area contributed by atoms with Crippen LogP contribution in [-0.2, 0) is 6.54 Å². The van der Waals surface area contributed by atoms with Gasteiger partial charge in [-0.3, -0.25) is 9.97 Å². The van der Waals surface area contributed by atoms with Crippen molar-refractivity contribution in [3.63, 3.8) is 0 Å². The van der Waals surface area contributed by atoms with Crippen LogP contribution >= 0.6 is 23.8 Å². The molecule has 0 spiro atoms. The summed E-state index contributed by atoms with van der Waals surface area (Å²) in [4.78, 5) is 11.2. The Morgan fingerprint density at radius 3 is 2.56 bits per heavy atom. The minimum absolute atomic E-state index is 0.145. The lowest BCUT2D eigenvalue weighted by atomic mass is 10.0. The molecular weight excluding hydrogens is 440 g/mol. The molecule has 0 unspecified atom stereocenters. The fourth-order valence-corrected chi connectivity index (χ4v) is 4.45. The Labute approximate surface area is 197 Å². The molecule has 0 bridgehead atoms. The highest BCUT2D eigenvalue weighted by atomic mass is 35.5. The molecule has 2 atom stereocenters. The van der Waals surface area contributed by atoms with E-state index < -0.39 is 0 Å². The van der Waals surface area contributed by atoms with Crippen molar-refractivity contribution in [2.75, 3.05) is 0 Å². The zero-order valence-corrected chi connectivity index (χ0v) is 19.0. The third-order valence-corrected chi connectivity index (χ3v) is 6.39. The fourth-order valence-electron chi connectivity index (χ4n) is 3.96. The lowest BCUT2D eigenvalue weighted by Gasteiger charge is -2.25. The molecule has 5 nitrogen and oxygen atoms in total. The number of thiocarbonyl (C=S) groups is 1. The van der Waals surface area contributed by atoms with Gasteiger partial charge < -0.3 is 14.6 Å². The first-order valence-corrected chi connectivity index (χ1v) is 11.1. The number of halogens is 1. The predicted octanol–water partition coefficient (Wildman–Crippen LogP) is 5.87. The monoisotopic (exact) mass is 460 g/mol. The lowest BCUT2D eigenvalue weighted by Crippen LogP contribution is -2.29. The Kier molecular flexibility index (Phi) is 5.64. The molecule has 0 aliphatic carbocycles. The second-order valence-electron chi connectivity index (χ2n) is 7.74. The van der Waals surface area contributed by atoms with Crippen LogP contribution in [0.5, 0.6) is 0 Å². The molecule has 3 aromatic heterocycles. The molecule has 1 aliphatic rings. The fraction of sp³-hybridized carbons (Fsp3) is 0.160. The number of pyridine rings is 2. The van der Waals surface area contributed by atoms with E-state index >= 15 is 0 Å². The molecule has 1 aliphatic heterocycles. The number of furan rings is 1. The smallest absolute Gasteiger partial charge is 0.170 e. The van der Waals surface area contributed by atoms with Crippen LogP contribution in [0, 0.1) is 6.92 Å². The van der Waals surface area contributed by atoms with Crippen LogP contribution < -0.4 is 5.32 Å². The number of rotatable bonds is 5. The van der Waals surface area contributed by atoms with Crippen molar-refractivity contribution in [2.45, 2.75) is 25.6 Å². The van der Waals surface area contributed by atoms with Gasteiger partial charge in [-0.2, -0.15) is 0 Å². The molecule has 160 valence electrons. The summed E-state index contributed by atoms with van der Waals surface area (Å²) in [7, 11) is 0. The summed E-state index contributed by atoms with van der Waals surface area (Å²) in [5.41, 5.74) is 3.80. The highest BCUT2D eigenvalue weighted by Crippen LogP contribution is 2.41. The van der Waals surface area contributed by atoms with E-state index in [1.54, 1.807) is 12.4 Å². The van der Waals surface area contributed by atoms with Gasteiger partial charge in [0.05, 0.1) is 24.0 Å². The maximum Gasteiger partial charge on any atom is 0.170 e. The Morgan fingerprint density at radius 2 is 1.84 bits per heavy atom. The van der Waals surface area contributed by atoms with Crippen LogP contribution in [0.4, 0.5) is 0 Å². The molecule has 0 saturated carbocycles. The first-order valence-electron chi connectivity index (χ1n) is 10.3. The van der Waals surface area contributed by atoms with Gasteiger partial charge in [0.25, 0.3) is 0 Å². The van der Waals surface area contributed by atoms with Crippen molar-refractivity contribution in [3.8, 4) is 11.3 Å². The molecule has 1 fully saturated rings. The third kappa shape index (κ3) is 3.99. The molecule has 1 saturated heterocycles. The van der Waals surface area contributed by atoms with Crippen molar-refractivity contribution < 1.29 is 4.42 Å². The maximum absolute atomic E-state index is 6.37. The highest BCUT2D eigenvalue weighted by molar-refractivity contribution is 7.80. The standard InChI is InChI=1S/C25H21ClN4OS/c1-16-8-9-17(14-19(16)26)21-10-11-22(31-21)24-23(20-7-3-5-13-28-20)29-25(32)30(24)15-18-6-2-4-12-27-18/h2-14,23-24H,15H2,1H3,(H,29,32)/t23-,24-/m1/s1. The van der Waals surface area contributed by atoms with Gasteiger partial charge in [0.2, 0.25) is 0 Å². The molecule has 0 radical (unpaired) electrons. The minimum atomic E-state index is -0.172. The van der Waals surface area contributed by atoms with Crippen molar-refractivity contribution in [2.24, 2.45) is 0 Å². The first kappa shape index (κ1) is 20.7. The topological polar surface area (TPSA) is 54.2 Å². The number of aromatic nitrogens is 2. The molecule has 5 rings (SSSR count). The summed E-state index contributed by atoms with van der Waals surface area (Å²) in [6, 6.07) is 21.4. The number of nitrogens with one attached hydrogen (secondary N) is 1. The average molecular weight is 461 g/mol. The van der Waals surface area contributed by atoms with Crippen LogP contribution in [0.3, 0.4) is 0 Å². The Bertz CT molecular complexity index is 1250. The number of hydrogen-bond donors (Lipinski definition) is 1. The summed E-state index contributed by atoms with van der Waals surface area (Å²) in [6.07, 6.45) is 3.58. The van der Waals surface area contributed by atoms with Gasteiger partial charge in [0.1, 0.15) is 17.6 Å². The van der Waals surface area contributed by atoms with E-state index in [0.717, 1.165) is 34.0 Å². The van der Waals surface area contributed by atoms with Gasteiger partial charge in [-0.1, -0.05) is 35.9 Å². The number of hydrogen-bond acceptors (Lipinski definition) is 4. The molecule has 4 aromatic rings. The lowest BCUT2D eigenvalue weighted by molar-refractivity contribution is 0.267. The summed E-state index contributed by atoms with van der Waals surface area (Å²) in [6.45, 7) is 2.55. The van der Waals surface area contributed by atoms with E-state index in [4.69, 9.17) is 28.2 Å². The zero-order valence-electron chi connectivity index (χ0n) is 17.4. The molecule has 1 N–H and O–H groups in total. The molecule has 7 heteroatoms. The van der Waals surface area contributed by atoms with E-state index in [9.17, 15) is 0 Å². The summed E-state index contributed by atoms with van der Waals surface area (Å²) < 4.78 is 6.37. The molecule has 4 heterocycles. The number of nitrogens with zero attached hydrogens (tertiary/aromatic N) is 3. The number of benzene rings is 1. The van der Waals surface area contributed by atoms with Gasteiger partial charge in [-0.25, -0.2) is 0 Å². The van der Waals surface area contributed by atoms with Crippen molar-refractivity contribution in [3.05, 3.63) is 107 Å². The first-order chi connectivity index (χ1) is 15.6. The van der Waals surface area contributed by atoms with Crippen LogP contribution in [0.25, 0.3) is 11.3 Å². The van der Waals surface area contributed by atoms with Crippen LogP contribution in [-0.4, -0.2) is 20.0 Å². The average Bonchev–Trinajstić information content (AvgIpc) is 3.42. The van der Waals surface area contributed by atoms with Gasteiger partial charge in [-0.05, 0) is 67.2 Å². The van der Waals surface area contributed by atoms with Gasteiger partial charge in [-0.15, -0.1) is 0 Å². The van der Waals surface area contributed by atoms with E-state index in [2.05, 4.69) is 20.2 Å². The normalized spacial score (nSPS) is 18.1.